The molecule has 4 rings (SSSR count). The number of hydrogen-bond acceptors (Lipinski definition) is 4. The fraction of sp³-hybridized carbons (Fsp3) is 0.280. The Labute approximate surface area is 190 Å². The minimum atomic E-state index is -0.418. The van der Waals surface area contributed by atoms with Crippen LogP contribution >= 0.6 is 0 Å². The van der Waals surface area contributed by atoms with E-state index in [0.717, 1.165) is 11.1 Å². The molecule has 7 nitrogen and oxygen atoms in total. The highest BCUT2D eigenvalue weighted by molar-refractivity contribution is 5.93. The van der Waals surface area contributed by atoms with E-state index >= 15 is 0 Å². The largest absolute Gasteiger partial charge is 0.341 e. The quantitative estimate of drug-likeness (QED) is 0.650. The van der Waals surface area contributed by atoms with Crippen LogP contribution in [0.5, 0.6) is 0 Å². The summed E-state index contributed by atoms with van der Waals surface area (Å²) in [5, 5.41) is 6.12. The molecule has 3 aromatic rings. The third-order valence-electron chi connectivity index (χ3n) is 5.93. The molecule has 1 aliphatic heterocycles. The molecule has 1 fully saturated rings. The summed E-state index contributed by atoms with van der Waals surface area (Å²) in [5.74, 6) is -1.02. The van der Waals surface area contributed by atoms with Crippen LogP contribution < -0.4 is 5.56 Å². The molecule has 1 aliphatic rings. The van der Waals surface area contributed by atoms with Crippen LogP contribution in [-0.2, 0) is 11.2 Å². The van der Waals surface area contributed by atoms with Crippen molar-refractivity contribution in [1.82, 2.24) is 20.0 Å². The molecule has 170 valence electrons. The van der Waals surface area contributed by atoms with Gasteiger partial charge in [-0.2, -0.15) is 5.10 Å². The lowest BCUT2D eigenvalue weighted by Crippen LogP contribution is -2.38. The number of rotatable bonds is 5. The fourth-order valence-corrected chi connectivity index (χ4v) is 4.12. The summed E-state index contributed by atoms with van der Waals surface area (Å²) in [7, 11) is 0. The lowest BCUT2D eigenvalue weighted by molar-refractivity contribution is -0.134. The van der Waals surface area contributed by atoms with Crippen molar-refractivity contribution in [1.29, 1.82) is 0 Å². The Hall–Kier alpha value is -3.81. The number of carbonyl (C=O) groups is 2. The molecule has 1 aromatic heterocycles. The number of halogens is 1. The molecule has 33 heavy (non-hydrogen) atoms. The Morgan fingerprint density at radius 2 is 1.82 bits per heavy atom. The van der Waals surface area contributed by atoms with Gasteiger partial charge in [0, 0.05) is 37.8 Å². The third-order valence-corrected chi connectivity index (χ3v) is 5.93. The topological polar surface area (TPSA) is 86.4 Å². The Bertz CT molecular complexity index is 1190. The van der Waals surface area contributed by atoms with Gasteiger partial charge in [0.2, 0.25) is 5.91 Å². The number of hydrogen-bond donors (Lipinski definition) is 1. The van der Waals surface area contributed by atoms with E-state index in [0.29, 0.717) is 31.6 Å². The minimum Gasteiger partial charge on any atom is -0.341 e. The summed E-state index contributed by atoms with van der Waals surface area (Å²) in [5.41, 5.74) is 1.98. The molecule has 1 saturated heterocycles. The summed E-state index contributed by atoms with van der Waals surface area (Å²) in [6.07, 6.45) is 0.454. The number of carbonyl (C=O) groups excluding carboxylic acids is 2. The van der Waals surface area contributed by atoms with Gasteiger partial charge in [0.05, 0.1) is 5.92 Å². The van der Waals surface area contributed by atoms with Crippen LogP contribution in [0.2, 0.25) is 0 Å². The Kier molecular flexibility index (Phi) is 6.63. The molecule has 1 atom stereocenters. The molecule has 2 aromatic carbocycles. The first-order chi connectivity index (χ1) is 16.0. The Morgan fingerprint density at radius 3 is 2.48 bits per heavy atom. The van der Waals surface area contributed by atoms with Crippen molar-refractivity contribution in [3.05, 3.63) is 88.1 Å². The summed E-state index contributed by atoms with van der Waals surface area (Å²) in [4.78, 5) is 40.8. The zero-order valence-corrected chi connectivity index (χ0v) is 18.3. The normalized spacial score (nSPS) is 16.5. The van der Waals surface area contributed by atoms with Gasteiger partial charge in [-0.25, -0.2) is 9.49 Å². The Morgan fingerprint density at radius 1 is 1.06 bits per heavy atom. The van der Waals surface area contributed by atoms with Crippen molar-refractivity contribution in [2.24, 2.45) is 5.92 Å². The SMILES string of the molecule is CCN1CCN(C(=O)c2ccc(=O)[nH]n2)C[C@@H](Cc2ccc(-c3ccccc3F)cc2)C1=O. The van der Waals surface area contributed by atoms with Crippen LogP contribution in [0.25, 0.3) is 11.1 Å². The lowest BCUT2D eigenvalue weighted by atomic mass is 9.95. The van der Waals surface area contributed by atoms with Gasteiger partial charge in [-0.15, -0.1) is 0 Å². The average Bonchev–Trinajstić information content (AvgIpc) is 2.99. The van der Waals surface area contributed by atoms with Crippen LogP contribution in [0.4, 0.5) is 4.39 Å². The molecule has 8 heteroatoms. The first-order valence-electron chi connectivity index (χ1n) is 10.9. The van der Waals surface area contributed by atoms with Crippen molar-refractivity contribution >= 4 is 11.8 Å². The number of benzene rings is 2. The molecule has 2 amide bonds. The van der Waals surface area contributed by atoms with E-state index in [2.05, 4.69) is 10.2 Å². The Balaban J connectivity index is 1.54. The van der Waals surface area contributed by atoms with E-state index in [1.54, 1.807) is 28.0 Å². The van der Waals surface area contributed by atoms with E-state index < -0.39 is 5.92 Å². The second-order valence-electron chi connectivity index (χ2n) is 8.05. The number of nitrogens with zero attached hydrogens (tertiary/aromatic N) is 3. The molecule has 0 bridgehead atoms. The van der Waals surface area contributed by atoms with Gasteiger partial charge in [-0.1, -0.05) is 42.5 Å². The van der Waals surface area contributed by atoms with Gasteiger partial charge in [-0.05, 0) is 36.6 Å². The number of nitrogens with one attached hydrogen (secondary N) is 1. The predicted octanol–water partition coefficient (Wildman–Crippen LogP) is 2.74. The molecular formula is C25H25FN4O3. The maximum atomic E-state index is 14.1. The van der Waals surface area contributed by atoms with E-state index in [1.807, 2.05) is 31.2 Å². The molecule has 0 unspecified atom stereocenters. The number of amides is 2. The van der Waals surface area contributed by atoms with Crippen molar-refractivity contribution in [2.45, 2.75) is 13.3 Å². The van der Waals surface area contributed by atoms with Gasteiger partial charge in [0.1, 0.15) is 11.5 Å². The second-order valence-corrected chi connectivity index (χ2v) is 8.05. The van der Waals surface area contributed by atoms with Gasteiger partial charge in [0.15, 0.2) is 0 Å². The van der Waals surface area contributed by atoms with Crippen LogP contribution in [-0.4, -0.2) is 58.0 Å². The van der Waals surface area contributed by atoms with Gasteiger partial charge >= 0.3 is 0 Å². The maximum absolute atomic E-state index is 14.1. The van der Waals surface area contributed by atoms with Crippen LogP contribution in [0.15, 0.2) is 65.5 Å². The van der Waals surface area contributed by atoms with Crippen molar-refractivity contribution < 1.29 is 14.0 Å². The minimum absolute atomic E-state index is 0.000378. The van der Waals surface area contributed by atoms with Gasteiger partial charge in [0.25, 0.3) is 11.5 Å². The van der Waals surface area contributed by atoms with E-state index in [1.165, 1.54) is 18.2 Å². The zero-order chi connectivity index (χ0) is 23.4. The lowest BCUT2D eigenvalue weighted by Gasteiger charge is -2.23. The molecule has 2 heterocycles. The highest BCUT2D eigenvalue weighted by atomic mass is 19.1. The van der Waals surface area contributed by atoms with E-state index in [4.69, 9.17) is 0 Å². The number of likely N-dealkylation sites (N-methyl/N-ethyl adjacent to an activating group) is 1. The molecule has 0 saturated carbocycles. The molecule has 0 aliphatic carbocycles. The van der Waals surface area contributed by atoms with Crippen LogP contribution in [0.3, 0.4) is 0 Å². The molecular weight excluding hydrogens is 423 g/mol. The molecule has 0 spiro atoms. The van der Waals surface area contributed by atoms with Crippen LogP contribution in [0, 0.1) is 11.7 Å². The zero-order valence-electron chi connectivity index (χ0n) is 18.3. The number of H-pyrrole nitrogens is 1. The molecule has 1 N–H and O–H groups in total. The highest BCUT2D eigenvalue weighted by Gasteiger charge is 2.32. The first kappa shape index (κ1) is 22.4. The predicted molar refractivity (Wildman–Crippen MR) is 122 cm³/mol. The highest BCUT2D eigenvalue weighted by Crippen LogP contribution is 2.24. The summed E-state index contributed by atoms with van der Waals surface area (Å²) < 4.78 is 14.1. The summed E-state index contributed by atoms with van der Waals surface area (Å²) >= 11 is 0. The fourth-order valence-electron chi connectivity index (χ4n) is 4.12. The second kappa shape index (κ2) is 9.77. The number of aromatic nitrogens is 2. The summed E-state index contributed by atoms with van der Waals surface area (Å²) in [6.45, 7) is 3.55. The smallest absolute Gasteiger partial charge is 0.274 e. The maximum Gasteiger partial charge on any atom is 0.274 e. The van der Waals surface area contributed by atoms with Crippen molar-refractivity contribution in [2.75, 3.05) is 26.2 Å². The van der Waals surface area contributed by atoms with Crippen molar-refractivity contribution in [3.8, 4) is 11.1 Å². The van der Waals surface area contributed by atoms with E-state index in [-0.39, 0.29) is 35.4 Å². The summed E-state index contributed by atoms with van der Waals surface area (Å²) in [6, 6.07) is 16.7. The van der Waals surface area contributed by atoms with Gasteiger partial charge in [-0.3, -0.25) is 14.4 Å². The number of aromatic amines is 1. The van der Waals surface area contributed by atoms with E-state index in [9.17, 15) is 18.8 Å². The standard InChI is InChI=1S/C25H25FN4O3/c1-2-29-13-14-30(25(33)22-11-12-23(31)28-27-22)16-19(24(29)32)15-17-7-9-18(10-8-17)20-5-3-4-6-21(20)26/h3-12,19H,2,13-16H2,1H3,(H,28,31)/t19-/m1/s1. The monoisotopic (exact) mass is 448 g/mol. The third kappa shape index (κ3) is 5.00. The van der Waals surface area contributed by atoms with Crippen LogP contribution in [0.1, 0.15) is 23.0 Å². The van der Waals surface area contributed by atoms with Crippen molar-refractivity contribution in [3.63, 3.8) is 0 Å². The van der Waals surface area contributed by atoms with Gasteiger partial charge < -0.3 is 9.80 Å². The average molecular weight is 448 g/mol. The first-order valence-corrected chi connectivity index (χ1v) is 10.9. The molecule has 0 radical (unpaired) electrons.